The Morgan fingerprint density at radius 1 is 1.04 bits per heavy atom. The number of hydrogen-bond donors (Lipinski definition) is 0. The van der Waals surface area contributed by atoms with Crippen molar-refractivity contribution in [1.29, 1.82) is 0 Å². The molecule has 28 heavy (non-hydrogen) atoms. The minimum absolute atomic E-state index is 0.138. The lowest BCUT2D eigenvalue weighted by Gasteiger charge is -2.17. The van der Waals surface area contributed by atoms with E-state index in [2.05, 4.69) is 4.98 Å². The maximum Gasteiger partial charge on any atom is 0.393 e. The van der Waals surface area contributed by atoms with Crippen molar-refractivity contribution < 1.29 is 21.6 Å². The zero-order valence-electron chi connectivity index (χ0n) is 15.3. The van der Waals surface area contributed by atoms with E-state index in [-0.39, 0.29) is 16.5 Å². The van der Waals surface area contributed by atoms with Crippen LogP contribution in [0, 0.1) is 0 Å². The van der Waals surface area contributed by atoms with Crippen molar-refractivity contribution in [3.8, 4) is 11.4 Å². The number of nitrogens with zero attached hydrogens (tertiary/aromatic N) is 2. The second-order valence-corrected chi connectivity index (χ2v) is 8.68. The van der Waals surface area contributed by atoms with Gasteiger partial charge in [-0.05, 0) is 30.2 Å². The van der Waals surface area contributed by atoms with Gasteiger partial charge in [0.05, 0.1) is 17.4 Å². The standard InChI is InChI=1S/C20H19F3N2O2S/c1-14(16-7-9-18(10-8-16)28(2,26)27)25-12-11-24-19(25)17-5-3-15(4-6-17)13-20(21,22)23/h3-12,14H,13H2,1-2H3. The van der Waals surface area contributed by atoms with Gasteiger partial charge in [-0.2, -0.15) is 13.2 Å². The molecule has 0 amide bonds. The number of halogens is 3. The molecular weight excluding hydrogens is 389 g/mol. The summed E-state index contributed by atoms with van der Waals surface area (Å²) in [4.78, 5) is 4.58. The van der Waals surface area contributed by atoms with Crippen LogP contribution >= 0.6 is 0 Å². The SMILES string of the molecule is CC(c1ccc(S(C)(=O)=O)cc1)n1ccnc1-c1ccc(CC(F)(F)F)cc1. The lowest BCUT2D eigenvalue weighted by molar-refractivity contribution is -0.127. The molecule has 0 bridgehead atoms. The summed E-state index contributed by atoms with van der Waals surface area (Å²) in [5.74, 6) is 0.623. The van der Waals surface area contributed by atoms with E-state index in [1.807, 2.05) is 11.5 Å². The van der Waals surface area contributed by atoms with Crippen molar-refractivity contribution in [3.05, 3.63) is 72.1 Å². The van der Waals surface area contributed by atoms with Crippen molar-refractivity contribution in [1.82, 2.24) is 9.55 Å². The van der Waals surface area contributed by atoms with Crippen LogP contribution < -0.4 is 0 Å². The van der Waals surface area contributed by atoms with Gasteiger partial charge in [0.1, 0.15) is 5.82 Å². The third kappa shape index (κ3) is 4.62. The molecule has 0 saturated heterocycles. The van der Waals surface area contributed by atoms with Gasteiger partial charge in [-0.3, -0.25) is 0 Å². The second kappa shape index (κ2) is 7.43. The lowest BCUT2D eigenvalue weighted by Crippen LogP contribution is -2.11. The van der Waals surface area contributed by atoms with Crippen LogP contribution in [0.1, 0.15) is 24.1 Å². The Morgan fingerprint density at radius 2 is 1.64 bits per heavy atom. The van der Waals surface area contributed by atoms with Gasteiger partial charge in [0.2, 0.25) is 0 Å². The normalized spacial score (nSPS) is 13.5. The summed E-state index contributed by atoms with van der Waals surface area (Å²) in [6, 6.07) is 12.6. The fourth-order valence-electron chi connectivity index (χ4n) is 3.01. The Bertz CT molecular complexity index is 1050. The van der Waals surface area contributed by atoms with Crippen LogP contribution in [0.5, 0.6) is 0 Å². The summed E-state index contributed by atoms with van der Waals surface area (Å²) in [7, 11) is -3.27. The predicted octanol–water partition coefficient (Wildman–Crippen LogP) is 4.67. The molecule has 3 rings (SSSR count). The Balaban J connectivity index is 1.87. The Kier molecular flexibility index (Phi) is 5.34. The molecule has 0 aliphatic carbocycles. The van der Waals surface area contributed by atoms with E-state index in [9.17, 15) is 21.6 Å². The molecule has 2 aromatic carbocycles. The van der Waals surface area contributed by atoms with Crippen LogP contribution in [0.15, 0.2) is 65.8 Å². The Hall–Kier alpha value is -2.61. The van der Waals surface area contributed by atoms with Crippen LogP contribution in [0.3, 0.4) is 0 Å². The largest absolute Gasteiger partial charge is 0.393 e. The molecule has 1 atom stereocenters. The number of aromatic nitrogens is 2. The van der Waals surface area contributed by atoms with E-state index in [0.717, 1.165) is 11.8 Å². The van der Waals surface area contributed by atoms with Crippen LogP contribution in [-0.2, 0) is 16.3 Å². The highest BCUT2D eigenvalue weighted by molar-refractivity contribution is 7.90. The molecule has 0 N–H and O–H groups in total. The van der Waals surface area contributed by atoms with Gasteiger partial charge in [0.25, 0.3) is 0 Å². The molecule has 4 nitrogen and oxygen atoms in total. The summed E-state index contributed by atoms with van der Waals surface area (Å²) >= 11 is 0. The van der Waals surface area contributed by atoms with Crippen molar-refractivity contribution in [3.63, 3.8) is 0 Å². The van der Waals surface area contributed by atoms with Crippen LogP contribution in [-0.4, -0.2) is 30.4 Å². The summed E-state index contributed by atoms with van der Waals surface area (Å²) in [5.41, 5.74) is 1.79. The maximum atomic E-state index is 12.5. The molecule has 1 heterocycles. The molecule has 0 saturated carbocycles. The maximum absolute atomic E-state index is 12.5. The van der Waals surface area contributed by atoms with Crippen LogP contribution in [0.25, 0.3) is 11.4 Å². The summed E-state index contributed by atoms with van der Waals surface area (Å²) in [5, 5.41) is 0. The molecule has 0 aliphatic rings. The molecule has 0 radical (unpaired) electrons. The monoisotopic (exact) mass is 408 g/mol. The molecule has 1 unspecified atom stereocenters. The van der Waals surface area contributed by atoms with Gasteiger partial charge in [-0.15, -0.1) is 0 Å². The number of sulfone groups is 1. The van der Waals surface area contributed by atoms with E-state index in [4.69, 9.17) is 0 Å². The highest BCUT2D eigenvalue weighted by Gasteiger charge is 2.27. The van der Waals surface area contributed by atoms with Crippen LogP contribution in [0.2, 0.25) is 0 Å². The van der Waals surface area contributed by atoms with Crippen molar-refractivity contribution in [2.45, 2.75) is 30.5 Å². The molecular formula is C20H19F3N2O2S. The second-order valence-electron chi connectivity index (χ2n) is 6.66. The first-order valence-electron chi connectivity index (χ1n) is 8.53. The predicted molar refractivity (Wildman–Crippen MR) is 101 cm³/mol. The average molecular weight is 408 g/mol. The average Bonchev–Trinajstić information content (AvgIpc) is 3.09. The first-order valence-corrected chi connectivity index (χ1v) is 10.4. The molecule has 0 fully saturated rings. The van der Waals surface area contributed by atoms with E-state index >= 15 is 0 Å². The van der Waals surface area contributed by atoms with Crippen molar-refractivity contribution in [2.75, 3.05) is 6.26 Å². The third-order valence-corrected chi connectivity index (χ3v) is 5.62. The van der Waals surface area contributed by atoms with E-state index in [1.54, 1.807) is 48.8 Å². The number of imidazole rings is 1. The summed E-state index contributed by atoms with van der Waals surface area (Å²) in [6.45, 7) is 1.94. The third-order valence-electron chi connectivity index (χ3n) is 4.49. The molecule has 3 aromatic rings. The first-order chi connectivity index (χ1) is 13.0. The van der Waals surface area contributed by atoms with Gasteiger partial charge < -0.3 is 4.57 Å². The van der Waals surface area contributed by atoms with E-state index in [0.29, 0.717) is 11.4 Å². The van der Waals surface area contributed by atoms with Gasteiger partial charge in [0.15, 0.2) is 9.84 Å². The van der Waals surface area contributed by atoms with Crippen molar-refractivity contribution >= 4 is 9.84 Å². The Morgan fingerprint density at radius 3 is 2.18 bits per heavy atom. The van der Waals surface area contributed by atoms with Crippen LogP contribution in [0.4, 0.5) is 13.2 Å². The van der Waals surface area contributed by atoms with Crippen molar-refractivity contribution in [2.24, 2.45) is 0 Å². The van der Waals surface area contributed by atoms with Gasteiger partial charge in [-0.25, -0.2) is 13.4 Å². The molecule has 148 valence electrons. The number of rotatable bonds is 5. The smallest absolute Gasteiger partial charge is 0.324 e. The minimum Gasteiger partial charge on any atom is -0.324 e. The minimum atomic E-state index is -4.24. The topological polar surface area (TPSA) is 52.0 Å². The molecule has 0 spiro atoms. The molecule has 1 aromatic heterocycles. The Labute approximate surface area is 161 Å². The fourth-order valence-corrected chi connectivity index (χ4v) is 3.64. The lowest BCUT2D eigenvalue weighted by atomic mass is 10.1. The summed E-state index contributed by atoms with van der Waals surface area (Å²) in [6.07, 6.45) is -0.645. The quantitative estimate of drug-likeness (QED) is 0.617. The molecule has 8 heteroatoms. The van der Waals surface area contributed by atoms with Gasteiger partial charge in [-0.1, -0.05) is 36.4 Å². The first kappa shape index (κ1) is 20.1. The van der Waals surface area contributed by atoms with Gasteiger partial charge in [0, 0.05) is 24.2 Å². The zero-order valence-corrected chi connectivity index (χ0v) is 16.1. The molecule has 0 aliphatic heterocycles. The van der Waals surface area contributed by atoms with E-state index in [1.165, 1.54) is 12.1 Å². The summed E-state index contributed by atoms with van der Waals surface area (Å²) < 4.78 is 62.7. The highest BCUT2D eigenvalue weighted by atomic mass is 32.2. The number of hydrogen-bond acceptors (Lipinski definition) is 3. The number of benzene rings is 2. The highest BCUT2D eigenvalue weighted by Crippen LogP contribution is 2.28. The number of alkyl halides is 3. The van der Waals surface area contributed by atoms with E-state index < -0.39 is 22.4 Å². The zero-order chi connectivity index (χ0) is 20.5. The van der Waals surface area contributed by atoms with Gasteiger partial charge >= 0.3 is 6.18 Å². The fraction of sp³-hybridized carbons (Fsp3) is 0.250.